The summed E-state index contributed by atoms with van der Waals surface area (Å²) in [4.78, 5) is 0. The average molecular weight is 280 g/mol. The van der Waals surface area contributed by atoms with Crippen LogP contribution in [0.1, 0.15) is 45.1 Å². The summed E-state index contributed by atoms with van der Waals surface area (Å²) in [6, 6.07) is 3.62. The van der Waals surface area contributed by atoms with Crippen LogP contribution in [0.4, 0.5) is 0 Å². The second kappa shape index (κ2) is 7.39. The lowest BCUT2D eigenvalue weighted by atomic mass is 10.0. The van der Waals surface area contributed by atoms with Gasteiger partial charge in [0.05, 0.1) is 13.2 Å². The van der Waals surface area contributed by atoms with Gasteiger partial charge in [0.25, 0.3) is 0 Å². The van der Waals surface area contributed by atoms with Gasteiger partial charge < -0.3 is 19.3 Å². The fraction of sp³-hybridized carbons (Fsp3) is 0.625. The Morgan fingerprint density at radius 1 is 1.25 bits per heavy atom. The third kappa shape index (κ3) is 3.57. The van der Waals surface area contributed by atoms with Gasteiger partial charge in [-0.3, -0.25) is 0 Å². The minimum absolute atomic E-state index is 0.0578. The molecule has 1 atom stereocenters. The van der Waals surface area contributed by atoms with Crippen molar-refractivity contribution in [3.05, 3.63) is 17.7 Å². The van der Waals surface area contributed by atoms with Crippen molar-refractivity contribution in [1.82, 2.24) is 0 Å². The molecule has 0 fully saturated rings. The Kier molecular flexibility index (Phi) is 5.53. The molecule has 0 aromatic heterocycles. The van der Waals surface area contributed by atoms with Gasteiger partial charge in [0.1, 0.15) is 5.75 Å². The molecule has 1 aliphatic heterocycles. The summed E-state index contributed by atoms with van der Waals surface area (Å²) in [5.41, 5.74) is 0.750. The van der Waals surface area contributed by atoms with Gasteiger partial charge in [-0.2, -0.15) is 0 Å². The molecule has 1 aromatic carbocycles. The molecule has 1 N–H and O–H groups in total. The summed E-state index contributed by atoms with van der Waals surface area (Å²) >= 11 is 0. The van der Waals surface area contributed by atoms with Gasteiger partial charge in [0, 0.05) is 11.6 Å². The lowest BCUT2D eigenvalue weighted by Gasteiger charge is -2.17. The predicted octanol–water partition coefficient (Wildman–Crippen LogP) is 3.50. The summed E-state index contributed by atoms with van der Waals surface area (Å²) in [6.45, 7) is 5.25. The molecule has 0 spiro atoms. The normalized spacial score (nSPS) is 14.3. The highest BCUT2D eigenvalue weighted by molar-refractivity contribution is 5.51. The standard InChI is InChI=1S/C16H24O4/c1-3-5-6-12(4-2)10-18-14-8-16-15(19-11-20-16)7-13(14)9-17/h7-8,12,17H,3-6,9-11H2,1-2H3. The number of benzene rings is 1. The molecule has 2 rings (SSSR count). The maximum Gasteiger partial charge on any atom is 0.231 e. The summed E-state index contributed by atoms with van der Waals surface area (Å²) < 4.78 is 16.6. The van der Waals surface area contributed by atoms with E-state index in [1.165, 1.54) is 19.3 Å². The molecule has 4 heteroatoms. The fourth-order valence-electron chi connectivity index (χ4n) is 2.33. The summed E-state index contributed by atoms with van der Waals surface area (Å²) in [5, 5.41) is 9.44. The van der Waals surface area contributed by atoms with Gasteiger partial charge in [0.2, 0.25) is 6.79 Å². The highest BCUT2D eigenvalue weighted by Gasteiger charge is 2.18. The molecular weight excluding hydrogens is 256 g/mol. The van der Waals surface area contributed by atoms with Gasteiger partial charge in [-0.25, -0.2) is 0 Å². The third-order valence-electron chi connectivity index (χ3n) is 3.74. The summed E-state index contributed by atoms with van der Waals surface area (Å²) in [6.07, 6.45) is 4.74. The van der Waals surface area contributed by atoms with Crippen LogP contribution in [0.5, 0.6) is 17.2 Å². The predicted molar refractivity (Wildman–Crippen MR) is 77.3 cm³/mol. The molecule has 112 valence electrons. The fourth-order valence-corrected chi connectivity index (χ4v) is 2.33. The highest BCUT2D eigenvalue weighted by atomic mass is 16.7. The largest absolute Gasteiger partial charge is 0.493 e. The molecule has 0 aliphatic carbocycles. The van der Waals surface area contributed by atoms with Crippen molar-refractivity contribution < 1.29 is 19.3 Å². The lowest BCUT2D eigenvalue weighted by molar-refractivity contribution is 0.173. The van der Waals surface area contributed by atoms with Gasteiger partial charge in [-0.15, -0.1) is 0 Å². The zero-order valence-corrected chi connectivity index (χ0v) is 12.4. The van der Waals surface area contributed by atoms with Crippen LogP contribution in [-0.4, -0.2) is 18.5 Å². The molecule has 1 unspecified atom stereocenters. The van der Waals surface area contributed by atoms with E-state index in [0.717, 1.165) is 12.0 Å². The smallest absolute Gasteiger partial charge is 0.231 e. The first kappa shape index (κ1) is 15.0. The van der Waals surface area contributed by atoms with Crippen molar-refractivity contribution in [2.75, 3.05) is 13.4 Å². The summed E-state index contributed by atoms with van der Waals surface area (Å²) in [7, 11) is 0. The van der Waals surface area contributed by atoms with Crippen molar-refractivity contribution >= 4 is 0 Å². The second-order valence-corrected chi connectivity index (χ2v) is 5.20. The first-order valence-electron chi connectivity index (χ1n) is 7.44. The van der Waals surface area contributed by atoms with E-state index in [9.17, 15) is 5.11 Å². The minimum Gasteiger partial charge on any atom is -0.493 e. The average Bonchev–Trinajstić information content (AvgIpc) is 2.93. The van der Waals surface area contributed by atoms with Crippen LogP contribution in [0.3, 0.4) is 0 Å². The van der Waals surface area contributed by atoms with Gasteiger partial charge in [-0.1, -0.05) is 33.1 Å². The maximum atomic E-state index is 9.44. The van der Waals surface area contributed by atoms with Crippen molar-refractivity contribution in [1.29, 1.82) is 0 Å². The van der Waals surface area contributed by atoms with Crippen LogP contribution in [-0.2, 0) is 6.61 Å². The zero-order chi connectivity index (χ0) is 14.4. The van der Waals surface area contributed by atoms with Gasteiger partial charge in [-0.05, 0) is 18.4 Å². The van der Waals surface area contributed by atoms with Crippen molar-refractivity contribution in [2.24, 2.45) is 5.92 Å². The van der Waals surface area contributed by atoms with Crippen molar-refractivity contribution in [3.8, 4) is 17.2 Å². The number of unbranched alkanes of at least 4 members (excludes halogenated alkanes) is 1. The molecule has 1 heterocycles. The molecule has 0 radical (unpaired) electrons. The Morgan fingerprint density at radius 2 is 2.00 bits per heavy atom. The van der Waals surface area contributed by atoms with E-state index in [2.05, 4.69) is 13.8 Å². The van der Waals surface area contributed by atoms with Crippen LogP contribution in [0, 0.1) is 5.92 Å². The Morgan fingerprint density at radius 3 is 2.65 bits per heavy atom. The topological polar surface area (TPSA) is 47.9 Å². The van der Waals surface area contributed by atoms with Crippen LogP contribution in [0.2, 0.25) is 0 Å². The van der Waals surface area contributed by atoms with E-state index in [1.807, 2.05) is 6.07 Å². The number of hydrogen-bond donors (Lipinski definition) is 1. The number of rotatable bonds is 8. The van der Waals surface area contributed by atoms with E-state index < -0.39 is 0 Å². The van der Waals surface area contributed by atoms with Gasteiger partial charge >= 0.3 is 0 Å². The molecule has 0 amide bonds. The van der Waals surface area contributed by atoms with Crippen LogP contribution >= 0.6 is 0 Å². The zero-order valence-electron chi connectivity index (χ0n) is 12.4. The molecule has 1 aromatic rings. The van der Waals surface area contributed by atoms with Gasteiger partial charge in [0.15, 0.2) is 11.5 Å². The van der Waals surface area contributed by atoms with Crippen LogP contribution in [0.15, 0.2) is 12.1 Å². The molecular formula is C16H24O4. The monoisotopic (exact) mass is 280 g/mol. The van der Waals surface area contributed by atoms with E-state index >= 15 is 0 Å². The van der Waals surface area contributed by atoms with Crippen molar-refractivity contribution in [2.45, 2.75) is 46.1 Å². The Balaban J connectivity index is 2.01. The van der Waals surface area contributed by atoms with E-state index in [0.29, 0.717) is 29.8 Å². The lowest BCUT2D eigenvalue weighted by Crippen LogP contribution is -2.12. The van der Waals surface area contributed by atoms with E-state index in [1.54, 1.807) is 6.07 Å². The van der Waals surface area contributed by atoms with Crippen molar-refractivity contribution in [3.63, 3.8) is 0 Å². The molecule has 0 saturated carbocycles. The minimum atomic E-state index is -0.0578. The molecule has 4 nitrogen and oxygen atoms in total. The number of aliphatic hydroxyl groups excluding tert-OH is 1. The Labute approximate surface area is 120 Å². The number of fused-ring (bicyclic) bond motifs is 1. The van der Waals surface area contributed by atoms with Crippen LogP contribution in [0.25, 0.3) is 0 Å². The Hall–Kier alpha value is -1.42. The molecule has 20 heavy (non-hydrogen) atoms. The van der Waals surface area contributed by atoms with E-state index in [4.69, 9.17) is 14.2 Å². The first-order valence-corrected chi connectivity index (χ1v) is 7.44. The number of aliphatic hydroxyl groups is 1. The quantitative estimate of drug-likeness (QED) is 0.791. The number of ether oxygens (including phenoxy) is 3. The van der Waals surface area contributed by atoms with Crippen LogP contribution < -0.4 is 14.2 Å². The Bertz CT molecular complexity index is 431. The van der Waals surface area contributed by atoms with E-state index in [-0.39, 0.29) is 13.4 Å². The first-order chi connectivity index (χ1) is 9.78. The molecule has 0 saturated heterocycles. The molecule has 0 bridgehead atoms. The third-order valence-corrected chi connectivity index (χ3v) is 3.74. The highest BCUT2D eigenvalue weighted by Crippen LogP contribution is 2.38. The number of hydrogen-bond acceptors (Lipinski definition) is 4. The SMILES string of the molecule is CCCCC(CC)COc1cc2c(cc1CO)OCO2. The maximum absolute atomic E-state index is 9.44. The molecule has 1 aliphatic rings. The summed E-state index contributed by atoms with van der Waals surface area (Å²) in [5.74, 6) is 2.64. The second-order valence-electron chi connectivity index (χ2n) is 5.20.